The van der Waals surface area contributed by atoms with Crippen LogP contribution in [0.2, 0.25) is 10.0 Å². The van der Waals surface area contributed by atoms with Crippen LogP contribution in [0.5, 0.6) is 0 Å². The molecule has 0 aliphatic rings. The van der Waals surface area contributed by atoms with E-state index in [1.807, 2.05) is 0 Å². The van der Waals surface area contributed by atoms with Crippen LogP contribution in [0.25, 0.3) is 17.1 Å². The van der Waals surface area contributed by atoms with Crippen molar-refractivity contribution in [2.75, 3.05) is 0 Å². The van der Waals surface area contributed by atoms with Gasteiger partial charge in [0.25, 0.3) is 0 Å². The molecule has 1 unspecified atom stereocenters. The van der Waals surface area contributed by atoms with Crippen LogP contribution in [0, 0.1) is 0 Å². The molecule has 0 fully saturated rings. The normalized spacial score (nSPS) is 14.3. The highest BCUT2D eigenvalue weighted by Gasteiger charge is 2.40. The zero-order valence-corrected chi connectivity index (χ0v) is 21.4. The molecule has 4 aromatic rings. The summed E-state index contributed by atoms with van der Waals surface area (Å²) in [4.78, 5) is 29.0. The summed E-state index contributed by atoms with van der Waals surface area (Å²) >= 11 is 12.1. The number of aliphatic carboxylic acids is 1. The van der Waals surface area contributed by atoms with E-state index in [0.717, 1.165) is 16.3 Å². The fourth-order valence-corrected chi connectivity index (χ4v) is 3.90. The minimum atomic E-state index is -5.01. The van der Waals surface area contributed by atoms with Crippen molar-refractivity contribution in [2.24, 2.45) is 0 Å². The molecule has 2 aromatic carbocycles. The molecule has 0 spiro atoms. The third-order valence-electron chi connectivity index (χ3n) is 5.63. The molecule has 2 heterocycles. The summed E-state index contributed by atoms with van der Waals surface area (Å²) in [7, 11) is 0. The molecule has 0 aliphatic carbocycles. The van der Waals surface area contributed by atoms with E-state index in [2.05, 4.69) is 15.2 Å². The molecule has 0 bridgehead atoms. The van der Waals surface area contributed by atoms with Crippen molar-refractivity contribution in [2.45, 2.75) is 37.9 Å². The number of hydrogen-bond acceptors (Lipinski definition) is 7. The second kappa shape index (κ2) is 10.4. The number of alkyl halides is 3. The lowest BCUT2D eigenvalue weighted by atomic mass is 10.1. The van der Waals surface area contributed by atoms with Crippen LogP contribution >= 0.6 is 23.2 Å². The second-order valence-electron chi connectivity index (χ2n) is 8.53. The van der Waals surface area contributed by atoms with Crippen molar-refractivity contribution in [3.63, 3.8) is 0 Å². The van der Waals surface area contributed by atoms with E-state index in [-0.39, 0.29) is 27.9 Å². The molecular formula is C23H19Cl2F3N6O5. The number of nitrogens with zero attached hydrogens (tertiary/aromatic N) is 6. The Morgan fingerprint density at radius 3 is 2.31 bits per heavy atom. The van der Waals surface area contributed by atoms with Crippen LogP contribution in [-0.4, -0.2) is 62.7 Å². The van der Waals surface area contributed by atoms with Gasteiger partial charge in [0, 0.05) is 10.6 Å². The van der Waals surface area contributed by atoms with E-state index in [9.17, 15) is 38.1 Å². The second-order valence-corrected chi connectivity index (χ2v) is 9.37. The first-order chi connectivity index (χ1) is 18.2. The van der Waals surface area contributed by atoms with Gasteiger partial charge in [-0.3, -0.25) is 4.57 Å². The minimum absolute atomic E-state index is 0.143. The average Bonchev–Trinajstić information content (AvgIpc) is 3.41. The molecule has 0 saturated heterocycles. The number of aromatic nitrogens is 6. The van der Waals surface area contributed by atoms with Gasteiger partial charge in [0.05, 0.1) is 17.3 Å². The van der Waals surface area contributed by atoms with E-state index in [1.54, 1.807) is 12.1 Å². The number of rotatable bonds is 8. The highest BCUT2D eigenvalue weighted by atomic mass is 35.5. The fraction of sp³-hybridized carbons (Fsp3) is 0.261. The van der Waals surface area contributed by atoms with Gasteiger partial charge in [0.15, 0.2) is 23.6 Å². The minimum Gasteiger partial charge on any atom is -0.479 e. The van der Waals surface area contributed by atoms with Crippen LogP contribution in [0.3, 0.4) is 0 Å². The molecular weight excluding hydrogens is 568 g/mol. The van der Waals surface area contributed by atoms with Gasteiger partial charge in [-0.25, -0.2) is 23.9 Å². The number of carboxylic acid groups (broad SMARTS) is 1. The van der Waals surface area contributed by atoms with Crippen LogP contribution < -0.4 is 5.69 Å². The lowest BCUT2D eigenvalue weighted by Crippen LogP contribution is -2.37. The topological polar surface area (TPSA) is 148 Å². The molecule has 206 valence electrons. The standard InChI is InChI=1S/C23H19Cl2F3N6O5/c1-22(39,20(36)37)19-29-17(30-34(19)15-5-3-2-4-14(15)25)11-33-21(38)32(10-16(35)23(26,27)28)18(31-33)12-6-8-13(24)9-7-12/h2-9,16,35,39H,10-11H2,1H3,(H,36,37)/t16-,22?/m0/s1. The molecule has 16 heteroatoms. The highest BCUT2D eigenvalue weighted by Crippen LogP contribution is 2.27. The summed E-state index contributed by atoms with van der Waals surface area (Å²) in [6.07, 6.45) is -7.88. The zero-order chi connectivity index (χ0) is 28.7. The van der Waals surface area contributed by atoms with E-state index in [4.69, 9.17) is 23.2 Å². The van der Waals surface area contributed by atoms with Gasteiger partial charge in [0.1, 0.15) is 6.54 Å². The maximum absolute atomic E-state index is 13.1. The summed E-state index contributed by atoms with van der Waals surface area (Å²) in [5, 5.41) is 38.6. The third-order valence-corrected chi connectivity index (χ3v) is 6.20. The molecule has 2 atom stereocenters. The SMILES string of the molecule is CC(O)(C(=O)O)c1nc(Cn2nc(-c3ccc(Cl)cc3)n(C[C@H](O)C(F)(F)F)c2=O)nn1-c1ccccc1Cl. The summed E-state index contributed by atoms with van der Waals surface area (Å²) in [6, 6.07) is 11.9. The first-order valence-electron chi connectivity index (χ1n) is 11.1. The number of carboxylic acids is 1. The van der Waals surface area contributed by atoms with Crippen molar-refractivity contribution >= 4 is 29.2 Å². The number of halogens is 5. The molecule has 0 aliphatic heterocycles. The van der Waals surface area contributed by atoms with Gasteiger partial charge in [-0.1, -0.05) is 35.3 Å². The lowest BCUT2D eigenvalue weighted by Gasteiger charge is -2.18. The Bertz CT molecular complexity index is 1580. The van der Waals surface area contributed by atoms with E-state index in [1.165, 1.54) is 36.4 Å². The molecule has 0 amide bonds. The van der Waals surface area contributed by atoms with Gasteiger partial charge in [-0.2, -0.15) is 13.2 Å². The van der Waals surface area contributed by atoms with E-state index >= 15 is 0 Å². The largest absolute Gasteiger partial charge is 0.479 e. The Kier molecular flexibility index (Phi) is 7.58. The average molecular weight is 587 g/mol. The molecule has 0 radical (unpaired) electrons. The van der Waals surface area contributed by atoms with Gasteiger partial charge in [-0.15, -0.1) is 10.2 Å². The molecule has 0 saturated carbocycles. The van der Waals surface area contributed by atoms with Crippen molar-refractivity contribution < 1.29 is 33.3 Å². The van der Waals surface area contributed by atoms with Crippen molar-refractivity contribution in [1.29, 1.82) is 0 Å². The third kappa shape index (κ3) is 5.68. The molecule has 3 N–H and O–H groups in total. The number of aliphatic hydroxyl groups excluding tert-OH is 1. The van der Waals surface area contributed by atoms with Crippen LogP contribution in [0.15, 0.2) is 53.3 Å². The number of para-hydroxylation sites is 1. The zero-order valence-electron chi connectivity index (χ0n) is 19.8. The number of benzene rings is 2. The maximum Gasteiger partial charge on any atom is 0.416 e. The Morgan fingerprint density at radius 2 is 1.72 bits per heavy atom. The van der Waals surface area contributed by atoms with Crippen LogP contribution in [0.1, 0.15) is 18.6 Å². The van der Waals surface area contributed by atoms with Gasteiger partial charge in [-0.05, 0) is 43.3 Å². The molecule has 11 nitrogen and oxygen atoms in total. The predicted octanol–water partition coefficient (Wildman–Crippen LogP) is 2.86. The molecule has 4 rings (SSSR count). The highest BCUT2D eigenvalue weighted by molar-refractivity contribution is 6.32. The lowest BCUT2D eigenvalue weighted by molar-refractivity contribution is -0.207. The summed E-state index contributed by atoms with van der Waals surface area (Å²) in [5.41, 5.74) is -3.18. The first kappa shape index (κ1) is 28.3. The van der Waals surface area contributed by atoms with Crippen molar-refractivity contribution in [3.8, 4) is 17.1 Å². The first-order valence-corrected chi connectivity index (χ1v) is 11.8. The maximum atomic E-state index is 13.1. The summed E-state index contributed by atoms with van der Waals surface area (Å²) in [5.74, 6) is -2.51. The summed E-state index contributed by atoms with van der Waals surface area (Å²) < 4.78 is 41.7. The number of aliphatic hydroxyl groups is 2. The van der Waals surface area contributed by atoms with Crippen LogP contribution in [-0.2, 0) is 23.5 Å². The van der Waals surface area contributed by atoms with Gasteiger partial charge in [0.2, 0.25) is 5.60 Å². The van der Waals surface area contributed by atoms with E-state index < -0.39 is 48.5 Å². The fourth-order valence-electron chi connectivity index (χ4n) is 3.56. The van der Waals surface area contributed by atoms with Crippen molar-refractivity contribution in [1.82, 2.24) is 29.1 Å². The van der Waals surface area contributed by atoms with E-state index in [0.29, 0.717) is 9.59 Å². The number of carbonyl (C=O) groups is 1. The predicted molar refractivity (Wildman–Crippen MR) is 132 cm³/mol. The van der Waals surface area contributed by atoms with Gasteiger partial charge >= 0.3 is 17.8 Å². The Balaban J connectivity index is 1.83. The van der Waals surface area contributed by atoms with Crippen molar-refractivity contribution in [3.05, 3.63) is 80.7 Å². The Morgan fingerprint density at radius 1 is 1.08 bits per heavy atom. The quantitative estimate of drug-likeness (QED) is 0.285. The smallest absolute Gasteiger partial charge is 0.416 e. The Labute approximate surface area is 227 Å². The molecule has 39 heavy (non-hydrogen) atoms. The monoisotopic (exact) mass is 586 g/mol. The van der Waals surface area contributed by atoms with Crippen LogP contribution in [0.4, 0.5) is 13.2 Å². The number of hydrogen-bond donors (Lipinski definition) is 3. The molecule has 2 aromatic heterocycles. The Hall–Kier alpha value is -3.72. The summed E-state index contributed by atoms with van der Waals surface area (Å²) in [6.45, 7) is -0.718. The van der Waals surface area contributed by atoms with Gasteiger partial charge < -0.3 is 15.3 Å².